The van der Waals surface area contributed by atoms with Crippen LogP contribution >= 0.6 is 11.8 Å². The lowest BCUT2D eigenvalue weighted by Crippen LogP contribution is -2.23. The minimum atomic E-state index is 0.239. The Morgan fingerprint density at radius 3 is 2.96 bits per heavy atom. The molecule has 0 bridgehead atoms. The Morgan fingerprint density at radius 2 is 2.21 bits per heavy atom. The van der Waals surface area contributed by atoms with Crippen LogP contribution in [0, 0.1) is 0 Å². The first kappa shape index (κ1) is 19.2. The minimum Gasteiger partial charge on any atom is -0.472 e. The average molecular weight is 400 g/mol. The van der Waals surface area contributed by atoms with Gasteiger partial charge in [-0.05, 0) is 38.1 Å². The lowest BCUT2D eigenvalue weighted by molar-refractivity contribution is 0.0934. The predicted molar refractivity (Wildman–Crippen MR) is 107 cm³/mol. The summed E-state index contributed by atoms with van der Waals surface area (Å²) >= 11 is 1.67. The first-order chi connectivity index (χ1) is 13.8. The van der Waals surface area contributed by atoms with E-state index in [0.29, 0.717) is 0 Å². The number of pyridine rings is 1. The molecule has 148 valence electrons. The van der Waals surface area contributed by atoms with Crippen LogP contribution in [0.25, 0.3) is 0 Å². The maximum atomic E-state index is 5.87. The number of rotatable bonds is 9. The van der Waals surface area contributed by atoms with Crippen molar-refractivity contribution in [2.45, 2.75) is 49.5 Å². The molecule has 8 heteroatoms. The van der Waals surface area contributed by atoms with Gasteiger partial charge in [0, 0.05) is 30.7 Å². The maximum absolute atomic E-state index is 5.87. The summed E-state index contributed by atoms with van der Waals surface area (Å²) in [6.45, 7) is 3.17. The molecule has 1 aliphatic heterocycles. The quantitative estimate of drug-likeness (QED) is 0.511. The van der Waals surface area contributed by atoms with E-state index in [2.05, 4.69) is 31.7 Å². The van der Waals surface area contributed by atoms with E-state index in [1.165, 1.54) is 0 Å². The van der Waals surface area contributed by atoms with Crippen molar-refractivity contribution in [1.29, 1.82) is 0 Å². The zero-order valence-corrected chi connectivity index (χ0v) is 16.8. The highest BCUT2D eigenvalue weighted by molar-refractivity contribution is 7.98. The normalized spacial score (nSPS) is 16.9. The fourth-order valence-electron chi connectivity index (χ4n) is 3.33. The first-order valence-electron chi connectivity index (χ1n) is 9.54. The van der Waals surface area contributed by atoms with Crippen molar-refractivity contribution in [3.8, 4) is 0 Å². The van der Waals surface area contributed by atoms with Gasteiger partial charge in [-0.3, -0.25) is 9.88 Å². The van der Waals surface area contributed by atoms with Crippen LogP contribution in [0.5, 0.6) is 0 Å². The van der Waals surface area contributed by atoms with Crippen LogP contribution in [0.2, 0.25) is 0 Å². The summed E-state index contributed by atoms with van der Waals surface area (Å²) in [5, 5.41) is 9.89. The van der Waals surface area contributed by atoms with Gasteiger partial charge in [0.15, 0.2) is 5.16 Å². The number of thioether (sulfide) groups is 1. The Hall–Kier alpha value is -2.16. The monoisotopic (exact) mass is 399 g/mol. The first-order valence-corrected chi connectivity index (χ1v) is 10.5. The van der Waals surface area contributed by atoms with E-state index in [-0.39, 0.29) is 6.10 Å². The molecule has 1 atom stereocenters. The number of furan rings is 1. The second-order valence-corrected chi connectivity index (χ2v) is 8.00. The van der Waals surface area contributed by atoms with Crippen molar-refractivity contribution in [1.82, 2.24) is 24.6 Å². The van der Waals surface area contributed by atoms with Crippen molar-refractivity contribution in [2.24, 2.45) is 0 Å². The average Bonchev–Trinajstić information content (AvgIpc) is 3.46. The molecule has 0 aliphatic carbocycles. The molecule has 7 nitrogen and oxygen atoms in total. The molecule has 0 amide bonds. The van der Waals surface area contributed by atoms with Crippen LogP contribution in [-0.2, 0) is 30.1 Å². The third-order valence-corrected chi connectivity index (χ3v) is 5.72. The van der Waals surface area contributed by atoms with E-state index in [1.54, 1.807) is 24.3 Å². The summed E-state index contributed by atoms with van der Waals surface area (Å²) in [4.78, 5) is 6.62. The van der Waals surface area contributed by atoms with E-state index in [0.717, 1.165) is 67.1 Å². The summed E-state index contributed by atoms with van der Waals surface area (Å²) in [6, 6.07) is 7.97. The van der Waals surface area contributed by atoms with E-state index in [4.69, 9.17) is 9.15 Å². The highest BCUT2D eigenvalue weighted by Crippen LogP contribution is 2.24. The molecule has 4 heterocycles. The number of nitrogens with zero attached hydrogens (tertiary/aromatic N) is 5. The fraction of sp³-hybridized carbons (Fsp3) is 0.450. The van der Waals surface area contributed by atoms with Crippen molar-refractivity contribution < 1.29 is 9.15 Å². The smallest absolute Gasteiger partial charge is 0.191 e. The molecule has 0 aromatic carbocycles. The molecule has 0 radical (unpaired) electrons. The maximum Gasteiger partial charge on any atom is 0.191 e. The van der Waals surface area contributed by atoms with Crippen molar-refractivity contribution in [3.05, 3.63) is 60.1 Å². The molecular formula is C20H25N5O2S. The largest absolute Gasteiger partial charge is 0.472 e. The Balaban J connectivity index is 1.47. The Bertz CT molecular complexity index is 847. The SMILES string of the molecule is CN(Cc1ccoc1)Cc1nnc(SCc2ccccn2)n1C[C@H]1CCCO1. The summed E-state index contributed by atoms with van der Waals surface area (Å²) in [7, 11) is 2.08. The van der Waals surface area contributed by atoms with Gasteiger partial charge in [-0.15, -0.1) is 10.2 Å². The minimum absolute atomic E-state index is 0.239. The third kappa shape index (κ3) is 5.01. The van der Waals surface area contributed by atoms with Gasteiger partial charge in [0.25, 0.3) is 0 Å². The van der Waals surface area contributed by atoms with Gasteiger partial charge in [-0.1, -0.05) is 17.8 Å². The topological polar surface area (TPSA) is 69.2 Å². The summed E-state index contributed by atoms with van der Waals surface area (Å²) in [5.41, 5.74) is 2.19. The van der Waals surface area contributed by atoms with Crippen LogP contribution in [0.15, 0.2) is 52.6 Å². The molecule has 4 rings (SSSR count). The van der Waals surface area contributed by atoms with Gasteiger partial charge in [0.1, 0.15) is 5.82 Å². The van der Waals surface area contributed by atoms with E-state index >= 15 is 0 Å². The van der Waals surface area contributed by atoms with Crippen molar-refractivity contribution >= 4 is 11.8 Å². The standard InChI is InChI=1S/C20H25N5O2S/c1-24(11-16-7-10-26-14-16)13-19-22-23-20(25(19)12-18-6-4-9-27-18)28-15-17-5-2-3-8-21-17/h2-3,5,7-8,10,14,18H,4,6,9,11-13,15H2,1H3/t18-/m1/s1. The molecule has 0 saturated carbocycles. The predicted octanol–water partition coefficient (Wildman–Crippen LogP) is 3.37. The lowest BCUT2D eigenvalue weighted by atomic mass is 10.2. The second kappa shape index (κ2) is 9.36. The van der Waals surface area contributed by atoms with Gasteiger partial charge in [-0.2, -0.15) is 0 Å². The van der Waals surface area contributed by atoms with Gasteiger partial charge < -0.3 is 13.7 Å². The molecule has 0 unspecified atom stereocenters. The molecular weight excluding hydrogens is 374 g/mol. The third-order valence-electron chi connectivity index (χ3n) is 4.72. The van der Waals surface area contributed by atoms with E-state index in [1.807, 2.05) is 30.5 Å². The molecule has 1 saturated heterocycles. The van der Waals surface area contributed by atoms with Gasteiger partial charge >= 0.3 is 0 Å². The van der Waals surface area contributed by atoms with Gasteiger partial charge in [-0.25, -0.2) is 0 Å². The fourth-order valence-corrected chi connectivity index (χ4v) is 4.21. The van der Waals surface area contributed by atoms with Gasteiger partial charge in [0.2, 0.25) is 0 Å². The zero-order valence-electron chi connectivity index (χ0n) is 16.0. The lowest BCUT2D eigenvalue weighted by Gasteiger charge is -2.18. The second-order valence-electron chi connectivity index (χ2n) is 7.06. The molecule has 1 fully saturated rings. The number of aromatic nitrogens is 4. The van der Waals surface area contributed by atoms with Crippen LogP contribution in [-0.4, -0.2) is 44.4 Å². The van der Waals surface area contributed by atoms with Crippen LogP contribution in [0.4, 0.5) is 0 Å². The Morgan fingerprint density at radius 1 is 1.25 bits per heavy atom. The van der Waals surface area contributed by atoms with E-state index in [9.17, 15) is 0 Å². The Kier molecular flexibility index (Phi) is 6.41. The summed E-state index contributed by atoms with van der Waals surface area (Å²) < 4.78 is 13.3. The van der Waals surface area contributed by atoms with Crippen molar-refractivity contribution in [3.63, 3.8) is 0 Å². The molecule has 0 N–H and O–H groups in total. The summed E-state index contributed by atoms with van der Waals surface area (Å²) in [6.07, 6.45) is 7.76. The van der Waals surface area contributed by atoms with Crippen LogP contribution in [0.3, 0.4) is 0 Å². The number of hydrogen-bond acceptors (Lipinski definition) is 7. The number of hydrogen-bond donors (Lipinski definition) is 0. The number of ether oxygens (including phenoxy) is 1. The van der Waals surface area contributed by atoms with Crippen LogP contribution in [0.1, 0.15) is 29.9 Å². The molecule has 0 spiro atoms. The Labute approximate surface area is 169 Å². The molecule has 28 heavy (non-hydrogen) atoms. The van der Waals surface area contributed by atoms with E-state index < -0.39 is 0 Å². The molecule has 1 aliphatic rings. The molecule has 3 aromatic rings. The molecule has 3 aromatic heterocycles. The highest BCUT2D eigenvalue weighted by Gasteiger charge is 2.21. The highest BCUT2D eigenvalue weighted by atomic mass is 32.2. The summed E-state index contributed by atoms with van der Waals surface area (Å²) in [5.74, 6) is 1.74. The van der Waals surface area contributed by atoms with Crippen LogP contribution < -0.4 is 0 Å². The zero-order chi connectivity index (χ0) is 19.2. The van der Waals surface area contributed by atoms with Crippen molar-refractivity contribution in [2.75, 3.05) is 13.7 Å². The van der Waals surface area contributed by atoms with Gasteiger partial charge in [0.05, 0.1) is 37.4 Å².